The highest BCUT2D eigenvalue weighted by Gasteiger charge is 2.46. The monoisotopic (exact) mass is 760 g/mol. The lowest BCUT2D eigenvalue weighted by Crippen LogP contribution is -2.50. The molecule has 1 saturated heterocycles. The van der Waals surface area contributed by atoms with Crippen LogP contribution in [0, 0.1) is 19.3 Å². The summed E-state index contributed by atoms with van der Waals surface area (Å²) in [5, 5.41) is 30.1. The number of sulfonamides is 1. The van der Waals surface area contributed by atoms with Crippen molar-refractivity contribution in [2.45, 2.75) is 89.1 Å². The fourth-order valence-electron chi connectivity index (χ4n) is 7.17. The number of aromatic nitrogens is 4. The minimum Gasteiger partial charge on any atom is -0.481 e. The second-order valence-corrected chi connectivity index (χ2v) is 16.4. The number of hydrogen-bond acceptors (Lipinski definition) is 10. The number of aryl methyl sites for hydroxylation is 2. The third kappa shape index (κ3) is 7.31. The Labute approximate surface area is 305 Å². The molecule has 0 radical (unpaired) electrons. The Bertz CT molecular complexity index is 2130. The summed E-state index contributed by atoms with van der Waals surface area (Å²) in [6, 6.07) is 9.66. The van der Waals surface area contributed by atoms with Gasteiger partial charge < -0.3 is 25.0 Å². The van der Waals surface area contributed by atoms with Crippen LogP contribution in [-0.2, 0) is 32.3 Å². The number of halogens is 3. The molecule has 2 aliphatic heterocycles. The van der Waals surface area contributed by atoms with Crippen LogP contribution in [0.25, 0.3) is 5.65 Å². The number of pyridine rings is 2. The van der Waals surface area contributed by atoms with E-state index in [0.29, 0.717) is 60.5 Å². The normalized spacial score (nSPS) is 18.6. The van der Waals surface area contributed by atoms with Gasteiger partial charge in [-0.1, -0.05) is 18.2 Å². The first-order valence-corrected chi connectivity index (χ1v) is 18.7. The summed E-state index contributed by atoms with van der Waals surface area (Å²) in [6.07, 6.45) is -2.28. The number of carbonyl (C=O) groups is 1. The van der Waals surface area contributed by atoms with Crippen molar-refractivity contribution in [3.8, 4) is 5.88 Å². The van der Waals surface area contributed by atoms with E-state index in [1.54, 1.807) is 31.2 Å². The number of carboxylic acid groups (broad SMARTS) is 1. The molecular formula is C36H43F3N6O7S. The molecule has 13 nitrogen and oxygen atoms in total. The molecule has 2 atom stereocenters. The minimum absolute atomic E-state index is 0.00333. The largest absolute Gasteiger partial charge is 0.481 e. The van der Waals surface area contributed by atoms with Gasteiger partial charge in [0, 0.05) is 44.1 Å². The Morgan fingerprint density at radius 3 is 2.47 bits per heavy atom. The zero-order chi connectivity index (χ0) is 38.5. The average Bonchev–Trinajstić information content (AvgIpc) is 3.50. The summed E-state index contributed by atoms with van der Waals surface area (Å²) in [7, 11) is -4.20. The van der Waals surface area contributed by atoms with Crippen LogP contribution in [0.3, 0.4) is 0 Å². The van der Waals surface area contributed by atoms with Gasteiger partial charge in [-0.25, -0.2) is 8.42 Å². The van der Waals surface area contributed by atoms with Crippen molar-refractivity contribution < 1.29 is 46.1 Å². The van der Waals surface area contributed by atoms with Gasteiger partial charge in [0.25, 0.3) is 0 Å². The Hall–Kier alpha value is -4.32. The molecule has 1 aromatic carbocycles. The molecule has 0 saturated carbocycles. The van der Waals surface area contributed by atoms with Gasteiger partial charge in [-0.2, -0.15) is 22.5 Å². The Morgan fingerprint density at radius 1 is 1.09 bits per heavy atom. The van der Waals surface area contributed by atoms with Crippen molar-refractivity contribution in [1.82, 2.24) is 23.9 Å². The van der Waals surface area contributed by atoms with Gasteiger partial charge in [-0.3, -0.25) is 9.20 Å². The summed E-state index contributed by atoms with van der Waals surface area (Å²) in [5.41, 5.74) is 0.175. The first-order chi connectivity index (χ1) is 24.9. The maximum Gasteiger partial charge on any atom is 0.452 e. The van der Waals surface area contributed by atoms with Crippen LogP contribution in [0.1, 0.15) is 79.6 Å². The summed E-state index contributed by atoms with van der Waals surface area (Å²) >= 11 is 0. The number of rotatable bonds is 10. The number of hydrogen-bond donors (Lipinski definition) is 3. The molecular weight excluding hydrogens is 717 g/mol. The zero-order valence-electron chi connectivity index (χ0n) is 30.1. The number of benzene rings is 1. The highest BCUT2D eigenvalue weighted by atomic mass is 32.2. The minimum atomic E-state index is -4.75. The SMILES string of the molecule is Cc1ccc([C@H](c2ccn3c(C(F)(F)F)nnc3c2C)C(C)(C)C(=O)O)cc1CN1CC2(CCOCC2)Oc2nc(N[C@H](C)CCO)ccc2S1(=O)=O. The van der Waals surface area contributed by atoms with Gasteiger partial charge in [0.2, 0.25) is 21.7 Å². The molecule has 3 N–H and O–H groups in total. The van der Waals surface area contributed by atoms with E-state index in [-0.39, 0.29) is 42.2 Å². The number of fused-ring (bicyclic) bond motifs is 2. The smallest absolute Gasteiger partial charge is 0.452 e. The predicted octanol–water partition coefficient (Wildman–Crippen LogP) is 5.32. The summed E-state index contributed by atoms with van der Waals surface area (Å²) in [6.45, 7) is 8.95. The molecule has 0 aliphatic carbocycles. The maximum atomic E-state index is 14.5. The van der Waals surface area contributed by atoms with Crippen LogP contribution in [0.4, 0.5) is 19.0 Å². The van der Waals surface area contributed by atoms with Crippen LogP contribution < -0.4 is 10.1 Å². The van der Waals surface area contributed by atoms with E-state index in [1.807, 2.05) is 13.8 Å². The van der Waals surface area contributed by atoms with Crippen LogP contribution in [0.15, 0.2) is 47.5 Å². The molecule has 0 amide bonds. The van der Waals surface area contributed by atoms with Crippen LogP contribution in [0.5, 0.6) is 5.88 Å². The predicted molar refractivity (Wildman–Crippen MR) is 187 cm³/mol. The molecule has 0 unspecified atom stereocenters. The van der Waals surface area contributed by atoms with Crippen molar-refractivity contribution in [1.29, 1.82) is 0 Å². The van der Waals surface area contributed by atoms with Crippen LogP contribution >= 0.6 is 0 Å². The number of ether oxygens (including phenoxy) is 2. The molecule has 0 bridgehead atoms. The zero-order valence-corrected chi connectivity index (χ0v) is 30.9. The lowest BCUT2D eigenvalue weighted by atomic mass is 9.70. The van der Waals surface area contributed by atoms with Gasteiger partial charge in [-0.05, 0) is 87.1 Å². The Kier molecular flexibility index (Phi) is 10.3. The molecule has 3 aromatic heterocycles. The van der Waals surface area contributed by atoms with Crippen molar-refractivity contribution in [3.05, 3.63) is 76.2 Å². The highest BCUT2D eigenvalue weighted by molar-refractivity contribution is 7.89. The third-order valence-electron chi connectivity index (χ3n) is 10.3. The molecule has 4 aromatic rings. The second kappa shape index (κ2) is 14.2. The quantitative estimate of drug-likeness (QED) is 0.191. The van der Waals surface area contributed by atoms with Gasteiger partial charge in [0.05, 0.1) is 25.2 Å². The molecule has 1 fully saturated rings. The molecule has 53 heavy (non-hydrogen) atoms. The summed E-state index contributed by atoms with van der Waals surface area (Å²) in [5.74, 6) is -2.85. The fraction of sp³-hybridized carbons (Fsp3) is 0.500. The second-order valence-electron chi connectivity index (χ2n) is 14.5. The number of anilines is 1. The topological polar surface area (TPSA) is 168 Å². The Morgan fingerprint density at radius 2 is 1.81 bits per heavy atom. The van der Waals surface area contributed by atoms with E-state index < -0.39 is 44.9 Å². The van der Waals surface area contributed by atoms with Gasteiger partial charge in [-0.15, -0.1) is 10.2 Å². The number of nitrogens with one attached hydrogen (secondary N) is 1. The van der Waals surface area contributed by atoms with Gasteiger partial charge >= 0.3 is 12.1 Å². The fourth-order valence-corrected chi connectivity index (χ4v) is 8.71. The molecule has 5 heterocycles. The van der Waals surface area contributed by atoms with E-state index in [2.05, 4.69) is 20.5 Å². The molecule has 2 aliphatic rings. The number of aliphatic carboxylic acids is 1. The lowest BCUT2D eigenvalue weighted by molar-refractivity contribution is -0.147. The number of alkyl halides is 3. The van der Waals surface area contributed by atoms with Crippen molar-refractivity contribution in [2.24, 2.45) is 5.41 Å². The lowest BCUT2D eigenvalue weighted by Gasteiger charge is -2.38. The molecule has 6 rings (SSSR count). The van der Waals surface area contributed by atoms with Crippen molar-refractivity contribution in [2.75, 3.05) is 31.7 Å². The van der Waals surface area contributed by atoms with Gasteiger partial charge in [0.15, 0.2) is 5.65 Å². The first kappa shape index (κ1) is 38.4. The number of nitrogens with zero attached hydrogens (tertiary/aromatic N) is 5. The third-order valence-corrected chi connectivity index (χ3v) is 12.1. The standard InChI is InChI=1S/C36H43F3N6O7S/c1-21-6-7-24(29(34(4,5)33(47)48)26-10-14-45-30(23(26)3)42-43-32(45)36(37,38)39)18-25(21)19-44-20-35(12-16-51-17-13-35)52-31-27(53(44,49)50)8-9-28(41-31)40-22(2)11-15-46/h6-10,14,18,22,29,46H,11-13,15-17,19-20H2,1-5H3,(H,40,41)(H,47,48)/t22-,29-/m1/s1. The van der Waals surface area contributed by atoms with Crippen molar-refractivity contribution in [3.63, 3.8) is 0 Å². The first-order valence-electron chi connectivity index (χ1n) is 17.3. The van der Waals surface area contributed by atoms with E-state index in [1.165, 1.54) is 36.5 Å². The van der Waals surface area contributed by atoms with Gasteiger partial charge in [0.1, 0.15) is 16.3 Å². The molecule has 286 valence electrons. The number of aliphatic hydroxyl groups excluding tert-OH is 1. The van der Waals surface area contributed by atoms with E-state index in [0.717, 1.165) is 9.96 Å². The van der Waals surface area contributed by atoms with E-state index in [4.69, 9.17) is 9.47 Å². The van der Waals surface area contributed by atoms with Crippen LogP contribution in [-0.4, -0.2) is 86.5 Å². The van der Waals surface area contributed by atoms with Crippen LogP contribution in [0.2, 0.25) is 0 Å². The van der Waals surface area contributed by atoms with Crippen molar-refractivity contribution >= 4 is 27.5 Å². The summed E-state index contributed by atoms with van der Waals surface area (Å²) < 4.78 is 84.3. The summed E-state index contributed by atoms with van der Waals surface area (Å²) in [4.78, 5) is 17.3. The number of aliphatic hydroxyl groups is 1. The Balaban J connectivity index is 1.43. The number of carboxylic acids is 1. The van der Waals surface area contributed by atoms with E-state index >= 15 is 0 Å². The molecule has 17 heteroatoms. The average molecular weight is 761 g/mol. The maximum absolute atomic E-state index is 14.5. The molecule has 1 spiro atoms. The van der Waals surface area contributed by atoms with E-state index in [9.17, 15) is 36.6 Å². The highest BCUT2D eigenvalue weighted by Crippen LogP contribution is 2.45.